The Hall–Kier alpha value is -1.89. The van der Waals surface area contributed by atoms with Crippen LogP contribution in [-0.4, -0.2) is 16.1 Å². The van der Waals surface area contributed by atoms with Gasteiger partial charge in [-0.05, 0) is 43.2 Å². The Morgan fingerprint density at radius 1 is 1.17 bits per heavy atom. The van der Waals surface area contributed by atoms with Gasteiger partial charge >= 0.3 is 6.01 Å². The molecular formula is C15H11Cl2N3O2S. The number of hydrogen-bond donors (Lipinski definition) is 1. The molecule has 1 amide bonds. The Labute approximate surface area is 146 Å². The van der Waals surface area contributed by atoms with E-state index in [1.54, 1.807) is 0 Å². The fourth-order valence-corrected chi connectivity index (χ4v) is 3.38. The van der Waals surface area contributed by atoms with E-state index in [0.29, 0.717) is 14.6 Å². The van der Waals surface area contributed by atoms with Crippen molar-refractivity contribution in [2.75, 3.05) is 5.32 Å². The van der Waals surface area contributed by atoms with Gasteiger partial charge in [0.05, 0.1) is 9.90 Å². The zero-order valence-corrected chi connectivity index (χ0v) is 14.5. The molecule has 0 aliphatic heterocycles. The van der Waals surface area contributed by atoms with E-state index < -0.39 is 5.91 Å². The zero-order valence-electron chi connectivity index (χ0n) is 12.2. The average Bonchev–Trinajstić information content (AvgIpc) is 3.08. The molecule has 0 spiro atoms. The molecule has 8 heteroatoms. The lowest BCUT2D eigenvalue weighted by Gasteiger charge is -2.01. The minimum absolute atomic E-state index is 0.00150. The summed E-state index contributed by atoms with van der Waals surface area (Å²) in [5, 5.41) is 10.3. The minimum atomic E-state index is -0.451. The highest BCUT2D eigenvalue weighted by molar-refractivity contribution is 7.20. The molecule has 0 bridgehead atoms. The van der Waals surface area contributed by atoms with Gasteiger partial charge in [0, 0.05) is 5.56 Å². The van der Waals surface area contributed by atoms with Crippen molar-refractivity contribution < 1.29 is 9.21 Å². The van der Waals surface area contributed by atoms with Gasteiger partial charge in [-0.2, -0.15) is 0 Å². The van der Waals surface area contributed by atoms with Crippen molar-refractivity contribution in [2.45, 2.75) is 13.8 Å². The Morgan fingerprint density at radius 3 is 2.61 bits per heavy atom. The van der Waals surface area contributed by atoms with Crippen molar-refractivity contribution in [3.63, 3.8) is 0 Å². The van der Waals surface area contributed by atoms with Gasteiger partial charge in [0.15, 0.2) is 0 Å². The summed E-state index contributed by atoms with van der Waals surface area (Å²) in [6.07, 6.45) is 0. The normalized spacial score (nSPS) is 10.8. The monoisotopic (exact) mass is 367 g/mol. The van der Waals surface area contributed by atoms with E-state index in [2.05, 4.69) is 15.5 Å². The van der Waals surface area contributed by atoms with Gasteiger partial charge < -0.3 is 4.42 Å². The van der Waals surface area contributed by atoms with Crippen molar-refractivity contribution in [3.8, 4) is 11.5 Å². The number of nitrogens with one attached hydrogen (secondary N) is 1. The Balaban J connectivity index is 1.80. The summed E-state index contributed by atoms with van der Waals surface area (Å²) in [4.78, 5) is 12.1. The molecule has 2 heterocycles. The molecule has 5 nitrogen and oxygen atoms in total. The zero-order chi connectivity index (χ0) is 16.6. The molecule has 0 unspecified atom stereocenters. The summed E-state index contributed by atoms with van der Waals surface area (Å²) in [5.41, 5.74) is 3.35. The van der Waals surface area contributed by atoms with E-state index in [1.807, 2.05) is 32.0 Å². The van der Waals surface area contributed by atoms with E-state index >= 15 is 0 Å². The highest BCUT2D eigenvalue weighted by Gasteiger charge is 2.17. The predicted molar refractivity (Wildman–Crippen MR) is 91.5 cm³/mol. The number of rotatable bonds is 3. The first-order valence-electron chi connectivity index (χ1n) is 6.61. The van der Waals surface area contributed by atoms with Crippen LogP contribution in [0.15, 0.2) is 28.7 Å². The van der Waals surface area contributed by atoms with Crippen LogP contribution in [-0.2, 0) is 0 Å². The number of carbonyl (C=O) groups is 1. The molecule has 3 rings (SSSR count). The SMILES string of the molecule is Cc1ccc(-c2nnc(NC(=O)c3cc(Cl)sc3Cl)o2)cc1C. The number of aromatic nitrogens is 2. The second-order valence-corrected chi connectivity index (χ2v) is 7.19. The highest BCUT2D eigenvalue weighted by atomic mass is 35.5. The molecule has 1 aromatic carbocycles. The summed E-state index contributed by atoms with van der Waals surface area (Å²) in [6.45, 7) is 4.02. The van der Waals surface area contributed by atoms with Gasteiger partial charge in [0.25, 0.3) is 5.91 Å². The van der Waals surface area contributed by atoms with Gasteiger partial charge in [-0.3, -0.25) is 10.1 Å². The van der Waals surface area contributed by atoms with Gasteiger partial charge in [0.1, 0.15) is 4.34 Å². The van der Waals surface area contributed by atoms with Crippen LogP contribution in [0, 0.1) is 13.8 Å². The minimum Gasteiger partial charge on any atom is -0.403 e. The average molecular weight is 368 g/mol. The summed E-state index contributed by atoms with van der Waals surface area (Å²) >= 11 is 12.9. The molecule has 0 aliphatic carbocycles. The van der Waals surface area contributed by atoms with E-state index in [1.165, 1.54) is 11.6 Å². The van der Waals surface area contributed by atoms with E-state index in [9.17, 15) is 4.79 Å². The number of thiophene rings is 1. The lowest BCUT2D eigenvalue weighted by molar-refractivity contribution is 0.102. The summed E-state index contributed by atoms with van der Waals surface area (Å²) in [6, 6.07) is 7.30. The maximum Gasteiger partial charge on any atom is 0.322 e. The fraction of sp³-hybridized carbons (Fsp3) is 0.133. The number of anilines is 1. The number of amides is 1. The first-order valence-corrected chi connectivity index (χ1v) is 8.18. The Kier molecular flexibility index (Phi) is 4.39. The lowest BCUT2D eigenvalue weighted by Crippen LogP contribution is -2.11. The van der Waals surface area contributed by atoms with Crippen molar-refractivity contribution in [1.29, 1.82) is 0 Å². The first kappa shape index (κ1) is 16.0. The highest BCUT2D eigenvalue weighted by Crippen LogP contribution is 2.31. The van der Waals surface area contributed by atoms with Gasteiger partial charge in [-0.25, -0.2) is 0 Å². The topological polar surface area (TPSA) is 68.0 Å². The van der Waals surface area contributed by atoms with E-state index in [0.717, 1.165) is 22.5 Å². The summed E-state index contributed by atoms with van der Waals surface area (Å²) < 4.78 is 6.22. The third kappa shape index (κ3) is 3.39. The molecule has 3 aromatic rings. The molecule has 0 saturated carbocycles. The summed E-state index contributed by atoms with van der Waals surface area (Å²) in [7, 11) is 0. The van der Waals surface area contributed by atoms with Crippen LogP contribution in [0.3, 0.4) is 0 Å². The fourth-order valence-electron chi connectivity index (χ4n) is 1.92. The van der Waals surface area contributed by atoms with Crippen LogP contribution < -0.4 is 5.32 Å². The second-order valence-electron chi connectivity index (χ2n) is 4.90. The first-order chi connectivity index (χ1) is 10.9. The number of carbonyl (C=O) groups excluding carboxylic acids is 1. The maximum absolute atomic E-state index is 12.1. The van der Waals surface area contributed by atoms with Gasteiger partial charge in [0.2, 0.25) is 5.89 Å². The van der Waals surface area contributed by atoms with E-state index in [-0.39, 0.29) is 11.6 Å². The number of nitrogens with zero attached hydrogens (tertiary/aromatic N) is 2. The molecular weight excluding hydrogens is 357 g/mol. The van der Waals surface area contributed by atoms with Gasteiger partial charge in [-0.15, -0.1) is 16.4 Å². The number of halogens is 2. The van der Waals surface area contributed by atoms with E-state index in [4.69, 9.17) is 27.6 Å². The van der Waals surface area contributed by atoms with Crippen molar-refractivity contribution >= 4 is 46.5 Å². The van der Waals surface area contributed by atoms with Gasteiger partial charge in [-0.1, -0.05) is 34.4 Å². The van der Waals surface area contributed by atoms with Crippen LogP contribution in [0.25, 0.3) is 11.5 Å². The lowest BCUT2D eigenvalue weighted by atomic mass is 10.1. The third-order valence-electron chi connectivity index (χ3n) is 3.30. The quantitative estimate of drug-likeness (QED) is 0.708. The molecule has 1 N–H and O–H groups in total. The molecule has 118 valence electrons. The predicted octanol–water partition coefficient (Wildman–Crippen LogP) is 4.97. The third-order valence-corrected chi connectivity index (χ3v) is 4.79. The number of hydrogen-bond acceptors (Lipinski definition) is 5. The number of benzene rings is 1. The molecule has 0 atom stereocenters. The maximum atomic E-state index is 12.1. The smallest absolute Gasteiger partial charge is 0.322 e. The largest absolute Gasteiger partial charge is 0.403 e. The van der Waals surface area contributed by atoms with Crippen molar-refractivity contribution in [2.24, 2.45) is 0 Å². The molecule has 0 saturated heterocycles. The molecule has 0 aliphatic rings. The molecule has 2 aromatic heterocycles. The molecule has 23 heavy (non-hydrogen) atoms. The standard InChI is InChI=1S/C15H11Cl2N3O2S/c1-7-3-4-9(5-8(7)2)14-19-20-15(22-14)18-13(21)10-6-11(16)23-12(10)17/h3-6H,1-2H3,(H,18,20,21). The molecule has 0 radical (unpaired) electrons. The summed E-state index contributed by atoms with van der Waals surface area (Å²) in [5.74, 6) is -0.119. The van der Waals surface area contributed by atoms with Crippen LogP contribution in [0.2, 0.25) is 8.67 Å². The van der Waals surface area contributed by atoms with Crippen LogP contribution >= 0.6 is 34.5 Å². The Bertz CT molecular complexity index is 889. The number of aryl methyl sites for hydroxylation is 2. The van der Waals surface area contributed by atoms with Crippen LogP contribution in [0.5, 0.6) is 0 Å². The van der Waals surface area contributed by atoms with Crippen molar-refractivity contribution in [3.05, 3.63) is 49.6 Å². The second kappa shape index (κ2) is 6.31. The Morgan fingerprint density at radius 2 is 1.96 bits per heavy atom. The van der Waals surface area contributed by atoms with Crippen LogP contribution in [0.4, 0.5) is 6.01 Å². The molecule has 0 fully saturated rings. The van der Waals surface area contributed by atoms with Crippen molar-refractivity contribution in [1.82, 2.24) is 10.2 Å². The van der Waals surface area contributed by atoms with Crippen LogP contribution in [0.1, 0.15) is 21.5 Å².